The lowest BCUT2D eigenvalue weighted by Gasteiger charge is -2.35. The molecule has 144 valence electrons. The second kappa shape index (κ2) is 6.89. The van der Waals surface area contributed by atoms with Crippen molar-refractivity contribution in [1.29, 1.82) is 0 Å². The van der Waals surface area contributed by atoms with Gasteiger partial charge in [-0.05, 0) is 55.9 Å². The van der Waals surface area contributed by atoms with E-state index in [0.29, 0.717) is 42.6 Å². The van der Waals surface area contributed by atoms with Gasteiger partial charge in [-0.2, -0.15) is 4.31 Å². The first-order valence-corrected chi connectivity index (χ1v) is 11.7. The van der Waals surface area contributed by atoms with Crippen LogP contribution in [0.25, 0.3) is 0 Å². The molecule has 8 heteroatoms. The Morgan fingerprint density at radius 2 is 1.88 bits per heavy atom. The second-order valence-corrected chi connectivity index (χ2v) is 11.1. The number of amides is 1. The fraction of sp³-hybridized carbons (Fsp3) is 0.722. The molecular weight excluding hydrogens is 372 g/mol. The lowest BCUT2D eigenvalue weighted by molar-refractivity contribution is -0.139. The largest absolute Gasteiger partial charge is 0.388 e. The van der Waals surface area contributed by atoms with Gasteiger partial charge in [0.25, 0.3) is 10.0 Å². The van der Waals surface area contributed by atoms with Crippen LogP contribution in [0.3, 0.4) is 0 Å². The minimum absolute atomic E-state index is 0.102. The molecule has 6 nitrogen and oxygen atoms in total. The Morgan fingerprint density at radius 1 is 1.19 bits per heavy atom. The zero-order chi connectivity index (χ0) is 18.4. The summed E-state index contributed by atoms with van der Waals surface area (Å²) in [6.07, 6.45) is 4.69. The lowest BCUT2D eigenvalue weighted by Crippen LogP contribution is -2.48. The van der Waals surface area contributed by atoms with Crippen LogP contribution in [0.4, 0.5) is 0 Å². The molecule has 0 atom stereocenters. The molecule has 0 aromatic carbocycles. The van der Waals surface area contributed by atoms with Crippen molar-refractivity contribution in [2.45, 2.75) is 48.3 Å². The molecule has 1 saturated carbocycles. The smallest absolute Gasteiger partial charge is 0.252 e. The van der Waals surface area contributed by atoms with E-state index < -0.39 is 15.6 Å². The molecule has 2 bridgehead atoms. The van der Waals surface area contributed by atoms with Crippen LogP contribution >= 0.6 is 11.3 Å². The summed E-state index contributed by atoms with van der Waals surface area (Å²) in [5.41, 5.74) is -0.716. The van der Waals surface area contributed by atoms with E-state index in [1.54, 1.807) is 17.5 Å². The van der Waals surface area contributed by atoms with Gasteiger partial charge < -0.3 is 10.0 Å². The van der Waals surface area contributed by atoms with Crippen LogP contribution in [-0.4, -0.2) is 60.4 Å². The molecule has 1 amide bonds. The maximum absolute atomic E-state index is 13.0. The second-order valence-electron chi connectivity index (χ2n) is 8.00. The molecule has 5 rings (SSSR count). The van der Waals surface area contributed by atoms with E-state index in [1.165, 1.54) is 15.6 Å². The Balaban J connectivity index is 1.40. The topological polar surface area (TPSA) is 77.9 Å². The molecule has 1 N–H and O–H groups in total. The summed E-state index contributed by atoms with van der Waals surface area (Å²) >= 11 is 1.23. The molecule has 1 aromatic rings. The van der Waals surface area contributed by atoms with Crippen molar-refractivity contribution in [3.63, 3.8) is 0 Å². The van der Waals surface area contributed by atoms with Crippen molar-refractivity contribution in [2.24, 2.45) is 11.8 Å². The van der Waals surface area contributed by atoms with E-state index in [0.717, 1.165) is 32.2 Å². The Morgan fingerprint density at radius 3 is 2.50 bits per heavy atom. The normalized spacial score (nSPS) is 31.1. The van der Waals surface area contributed by atoms with Crippen LogP contribution in [-0.2, 0) is 14.8 Å². The summed E-state index contributed by atoms with van der Waals surface area (Å²) < 4.78 is 27.1. The third-order valence-electron chi connectivity index (χ3n) is 6.20. The highest BCUT2D eigenvalue weighted by molar-refractivity contribution is 7.91. The summed E-state index contributed by atoms with van der Waals surface area (Å²) in [6.45, 7) is 1.96. The highest BCUT2D eigenvalue weighted by atomic mass is 32.2. The number of carbonyl (C=O) groups is 1. The van der Waals surface area contributed by atoms with Gasteiger partial charge in [-0.1, -0.05) is 6.07 Å². The summed E-state index contributed by atoms with van der Waals surface area (Å²) in [7, 11) is -3.43. The fourth-order valence-electron chi connectivity index (χ4n) is 4.59. The molecule has 0 spiro atoms. The van der Waals surface area contributed by atoms with Crippen LogP contribution < -0.4 is 0 Å². The van der Waals surface area contributed by atoms with Gasteiger partial charge in [0.1, 0.15) is 4.21 Å². The van der Waals surface area contributed by atoms with Gasteiger partial charge in [-0.25, -0.2) is 8.42 Å². The monoisotopic (exact) mass is 398 g/mol. The molecular formula is C18H26N2O4S2. The van der Waals surface area contributed by atoms with Crippen molar-refractivity contribution in [2.75, 3.05) is 26.2 Å². The predicted octanol–water partition coefficient (Wildman–Crippen LogP) is 1.91. The standard InChI is InChI=1S/C18H26N2O4S2/c21-17(19-12-14-3-7-18(22,13-19)8-4-14)15-5-9-20(10-6-15)26(23,24)16-2-1-11-25-16/h1-2,11,14-15,22H,3-10,12-13H2. The zero-order valence-corrected chi connectivity index (χ0v) is 16.5. The molecule has 4 aliphatic rings. The number of carbonyl (C=O) groups excluding carboxylic acids is 1. The van der Waals surface area contributed by atoms with Gasteiger partial charge in [-0.15, -0.1) is 11.3 Å². The highest BCUT2D eigenvalue weighted by Crippen LogP contribution is 2.38. The van der Waals surface area contributed by atoms with Crippen LogP contribution in [0.2, 0.25) is 0 Å². The Labute approximate surface area is 158 Å². The van der Waals surface area contributed by atoms with Crippen LogP contribution in [0.15, 0.2) is 21.7 Å². The molecule has 3 saturated heterocycles. The number of fused-ring (bicyclic) bond motifs is 4. The first-order valence-electron chi connectivity index (χ1n) is 9.42. The summed E-state index contributed by atoms with van der Waals surface area (Å²) in [6, 6.07) is 3.37. The maximum atomic E-state index is 13.0. The maximum Gasteiger partial charge on any atom is 0.252 e. The Hall–Kier alpha value is -0.960. The summed E-state index contributed by atoms with van der Waals surface area (Å²) in [5, 5.41) is 12.5. The van der Waals surface area contributed by atoms with E-state index in [9.17, 15) is 18.3 Å². The van der Waals surface area contributed by atoms with Gasteiger partial charge in [-0.3, -0.25) is 4.79 Å². The van der Waals surface area contributed by atoms with Crippen molar-refractivity contribution >= 4 is 27.3 Å². The minimum atomic E-state index is -3.43. The molecule has 0 unspecified atom stereocenters. The number of nitrogens with zero attached hydrogens (tertiary/aromatic N) is 2. The minimum Gasteiger partial charge on any atom is -0.388 e. The van der Waals surface area contributed by atoms with E-state index in [2.05, 4.69) is 0 Å². The van der Waals surface area contributed by atoms with E-state index >= 15 is 0 Å². The summed E-state index contributed by atoms with van der Waals surface area (Å²) in [4.78, 5) is 14.9. The SMILES string of the molecule is O=C(C1CCN(S(=O)(=O)c2cccs2)CC1)N1CC2CCC(O)(CC2)C1. The number of rotatable bonds is 3. The molecule has 0 radical (unpaired) electrons. The van der Waals surface area contributed by atoms with Gasteiger partial charge in [0.05, 0.1) is 5.60 Å². The van der Waals surface area contributed by atoms with Gasteiger partial charge >= 0.3 is 0 Å². The zero-order valence-electron chi connectivity index (χ0n) is 14.8. The van der Waals surface area contributed by atoms with E-state index in [4.69, 9.17) is 0 Å². The van der Waals surface area contributed by atoms with Gasteiger partial charge in [0.2, 0.25) is 5.91 Å². The third-order valence-corrected chi connectivity index (χ3v) is 9.48. The summed E-state index contributed by atoms with van der Waals surface area (Å²) in [5.74, 6) is 0.470. The van der Waals surface area contributed by atoms with E-state index in [1.807, 2.05) is 4.90 Å². The van der Waals surface area contributed by atoms with Crippen LogP contribution in [0.1, 0.15) is 38.5 Å². The molecule has 26 heavy (non-hydrogen) atoms. The van der Waals surface area contributed by atoms with Crippen LogP contribution in [0, 0.1) is 11.8 Å². The van der Waals surface area contributed by atoms with Crippen molar-refractivity contribution in [1.82, 2.24) is 9.21 Å². The molecule has 1 aliphatic carbocycles. The van der Waals surface area contributed by atoms with E-state index in [-0.39, 0.29) is 11.8 Å². The number of thiophene rings is 1. The van der Waals surface area contributed by atoms with Crippen molar-refractivity contribution in [3.05, 3.63) is 17.5 Å². The van der Waals surface area contributed by atoms with Gasteiger partial charge in [0.15, 0.2) is 0 Å². The number of hydrogen-bond acceptors (Lipinski definition) is 5. The molecule has 1 aromatic heterocycles. The number of hydrogen-bond donors (Lipinski definition) is 1. The molecule has 3 aliphatic heterocycles. The average Bonchev–Trinajstić information content (AvgIpc) is 3.07. The number of sulfonamides is 1. The van der Waals surface area contributed by atoms with Gasteiger partial charge in [0, 0.05) is 32.1 Å². The predicted molar refractivity (Wildman–Crippen MR) is 99.3 cm³/mol. The highest BCUT2D eigenvalue weighted by Gasteiger charge is 2.42. The lowest BCUT2D eigenvalue weighted by atomic mass is 9.81. The number of aliphatic hydroxyl groups is 1. The fourth-order valence-corrected chi connectivity index (χ4v) is 7.21. The quantitative estimate of drug-likeness (QED) is 0.844. The van der Waals surface area contributed by atoms with Crippen molar-refractivity contribution < 1.29 is 18.3 Å². The van der Waals surface area contributed by atoms with Crippen molar-refractivity contribution in [3.8, 4) is 0 Å². The Bertz CT molecular complexity index is 746. The Kier molecular flexibility index (Phi) is 4.88. The average molecular weight is 399 g/mol. The number of piperidine rings is 1. The first-order chi connectivity index (χ1) is 12.4. The molecule has 4 fully saturated rings. The first kappa shape index (κ1) is 18.4. The third kappa shape index (κ3) is 3.44. The van der Waals surface area contributed by atoms with Crippen LogP contribution in [0.5, 0.6) is 0 Å². The molecule has 4 heterocycles.